The minimum Gasteiger partial charge on any atom is -0.369 e. The van der Waals surface area contributed by atoms with E-state index in [2.05, 4.69) is 26.8 Å². The van der Waals surface area contributed by atoms with Gasteiger partial charge in [0.25, 0.3) is 0 Å². The van der Waals surface area contributed by atoms with Crippen molar-refractivity contribution in [3.63, 3.8) is 0 Å². The van der Waals surface area contributed by atoms with Gasteiger partial charge in [-0.05, 0) is 19.1 Å². The normalized spacial score (nSPS) is 18.4. The van der Waals surface area contributed by atoms with E-state index in [9.17, 15) is 4.79 Å². The minimum atomic E-state index is -0.288. The Morgan fingerprint density at radius 2 is 2.29 bits per heavy atom. The molecule has 3 heterocycles. The first kappa shape index (κ1) is 13.2. The van der Waals surface area contributed by atoms with Crippen LogP contribution >= 0.6 is 0 Å². The molecule has 6 nitrogen and oxygen atoms in total. The van der Waals surface area contributed by atoms with Gasteiger partial charge in [0.2, 0.25) is 5.91 Å². The van der Waals surface area contributed by atoms with Crippen molar-refractivity contribution < 1.29 is 4.79 Å². The maximum atomic E-state index is 11.9. The van der Waals surface area contributed by atoms with Crippen LogP contribution in [0.1, 0.15) is 30.6 Å². The number of nitrogens with zero attached hydrogens (tertiary/aromatic N) is 3. The summed E-state index contributed by atoms with van der Waals surface area (Å²) in [5.74, 6) is 6.01. The molecular weight excluding hydrogens is 266 g/mol. The van der Waals surface area contributed by atoms with E-state index in [0.717, 1.165) is 22.3 Å². The molecule has 2 aromatic rings. The van der Waals surface area contributed by atoms with Gasteiger partial charge < -0.3 is 10.7 Å². The molecule has 0 radical (unpaired) electrons. The summed E-state index contributed by atoms with van der Waals surface area (Å²) in [7, 11) is 1.62. The number of fused-ring (bicyclic) bond motifs is 1. The lowest BCUT2D eigenvalue weighted by Gasteiger charge is -2.24. The van der Waals surface area contributed by atoms with E-state index in [4.69, 9.17) is 5.73 Å². The highest BCUT2D eigenvalue weighted by Crippen LogP contribution is 2.27. The van der Waals surface area contributed by atoms with Crippen LogP contribution in [0.25, 0.3) is 11.0 Å². The third-order valence-electron chi connectivity index (χ3n) is 3.49. The van der Waals surface area contributed by atoms with Gasteiger partial charge >= 0.3 is 0 Å². The van der Waals surface area contributed by atoms with Crippen LogP contribution in [-0.2, 0) is 4.79 Å². The number of nitrogens with two attached hydrogens (primary N) is 1. The van der Waals surface area contributed by atoms with E-state index in [1.54, 1.807) is 20.2 Å². The largest absolute Gasteiger partial charge is 0.369 e. The second-order valence-corrected chi connectivity index (χ2v) is 4.92. The Morgan fingerprint density at radius 3 is 3.00 bits per heavy atom. The van der Waals surface area contributed by atoms with E-state index in [1.807, 2.05) is 12.1 Å². The quantitative estimate of drug-likeness (QED) is 0.769. The molecule has 6 heteroatoms. The van der Waals surface area contributed by atoms with Crippen LogP contribution in [0.15, 0.2) is 23.3 Å². The lowest BCUT2D eigenvalue weighted by Crippen LogP contribution is -2.42. The van der Waals surface area contributed by atoms with Crippen molar-refractivity contribution in [2.75, 3.05) is 7.05 Å². The minimum absolute atomic E-state index is 0.0448. The highest BCUT2D eigenvalue weighted by Gasteiger charge is 2.26. The maximum Gasteiger partial charge on any atom is 0.231 e. The number of hydrogen-bond donors (Lipinski definition) is 2. The topological polar surface area (TPSA) is 87.4 Å². The number of rotatable bonds is 1. The number of carbonyl (C=O) groups excluding carboxylic acids is 1. The van der Waals surface area contributed by atoms with Crippen LogP contribution < -0.4 is 5.73 Å². The zero-order chi connectivity index (χ0) is 15.0. The van der Waals surface area contributed by atoms with Gasteiger partial charge in [0.15, 0.2) is 5.96 Å². The molecule has 1 amide bonds. The Kier molecular flexibility index (Phi) is 3.10. The summed E-state index contributed by atoms with van der Waals surface area (Å²) in [4.78, 5) is 25.1. The smallest absolute Gasteiger partial charge is 0.231 e. The molecule has 106 valence electrons. The summed E-state index contributed by atoms with van der Waals surface area (Å²) in [6.07, 6.45) is 2.02. The number of amides is 1. The maximum absolute atomic E-state index is 11.9. The van der Waals surface area contributed by atoms with Crippen molar-refractivity contribution >= 4 is 22.9 Å². The molecule has 3 rings (SSSR count). The number of aliphatic imine (C=N–C) groups is 1. The van der Waals surface area contributed by atoms with Crippen LogP contribution in [0.4, 0.5) is 0 Å². The van der Waals surface area contributed by atoms with Crippen LogP contribution in [0.2, 0.25) is 0 Å². The monoisotopic (exact) mass is 281 g/mol. The average Bonchev–Trinajstić information content (AvgIpc) is 2.87. The number of pyridine rings is 1. The lowest BCUT2D eigenvalue weighted by molar-refractivity contribution is -0.127. The molecule has 3 N–H and O–H groups in total. The van der Waals surface area contributed by atoms with Gasteiger partial charge in [-0.3, -0.25) is 9.69 Å². The molecule has 0 saturated heterocycles. The number of H-pyrrole nitrogens is 1. The third kappa shape index (κ3) is 2.34. The van der Waals surface area contributed by atoms with Crippen molar-refractivity contribution in [2.45, 2.75) is 19.4 Å². The second kappa shape index (κ2) is 4.94. The summed E-state index contributed by atoms with van der Waals surface area (Å²) in [5.41, 5.74) is 8.21. The van der Waals surface area contributed by atoms with Crippen molar-refractivity contribution in [2.24, 2.45) is 10.7 Å². The number of aromatic amines is 1. The summed E-state index contributed by atoms with van der Waals surface area (Å²) in [5, 5.41) is 0.949. The standard InChI is InChI=1S/C15H15N5O/c1-3-4-9-5-10-6-11(18-14(10)17-8-9)12-7-13(21)20(2)15(16)19-12/h5-6,8,12H,7H2,1-2H3,(H2,16,19)(H,17,18). The Labute approximate surface area is 122 Å². The molecule has 0 spiro atoms. The van der Waals surface area contributed by atoms with E-state index in [0.29, 0.717) is 6.42 Å². The van der Waals surface area contributed by atoms with E-state index >= 15 is 0 Å². The van der Waals surface area contributed by atoms with Crippen LogP contribution in [0.3, 0.4) is 0 Å². The van der Waals surface area contributed by atoms with Crippen LogP contribution in [-0.4, -0.2) is 33.8 Å². The Bertz CT molecular complexity index is 808. The molecule has 0 aromatic carbocycles. The summed E-state index contributed by atoms with van der Waals surface area (Å²) < 4.78 is 0. The molecule has 0 fully saturated rings. The van der Waals surface area contributed by atoms with Crippen molar-refractivity contribution in [3.8, 4) is 11.8 Å². The molecule has 2 aromatic heterocycles. The van der Waals surface area contributed by atoms with Gasteiger partial charge in [-0.15, -0.1) is 5.92 Å². The zero-order valence-corrected chi connectivity index (χ0v) is 11.8. The van der Waals surface area contributed by atoms with Gasteiger partial charge in [-0.25, -0.2) is 9.98 Å². The number of nitrogens with one attached hydrogen (secondary N) is 1. The van der Waals surface area contributed by atoms with E-state index in [-0.39, 0.29) is 17.9 Å². The number of aromatic nitrogens is 2. The fourth-order valence-electron chi connectivity index (χ4n) is 2.33. The molecule has 21 heavy (non-hydrogen) atoms. The third-order valence-corrected chi connectivity index (χ3v) is 3.49. The van der Waals surface area contributed by atoms with Gasteiger partial charge in [0.05, 0.1) is 6.42 Å². The van der Waals surface area contributed by atoms with Gasteiger partial charge in [0, 0.05) is 29.9 Å². The average molecular weight is 281 g/mol. The predicted octanol–water partition coefficient (Wildman–Crippen LogP) is 1.15. The fraction of sp³-hybridized carbons (Fsp3) is 0.267. The molecule has 0 saturated carbocycles. The molecule has 0 aliphatic carbocycles. The highest BCUT2D eigenvalue weighted by molar-refractivity contribution is 5.98. The fourth-order valence-corrected chi connectivity index (χ4v) is 2.33. The summed E-state index contributed by atoms with van der Waals surface area (Å²) in [6, 6.07) is 3.62. The Balaban J connectivity index is 2.01. The number of carbonyl (C=O) groups is 1. The summed E-state index contributed by atoms with van der Waals surface area (Å²) in [6.45, 7) is 1.79. The molecule has 0 bridgehead atoms. The summed E-state index contributed by atoms with van der Waals surface area (Å²) >= 11 is 0. The first-order valence-electron chi connectivity index (χ1n) is 6.59. The Hall–Kier alpha value is -2.81. The number of guanidine groups is 1. The molecular formula is C15H15N5O. The van der Waals surface area contributed by atoms with Gasteiger partial charge in [0.1, 0.15) is 11.7 Å². The first-order chi connectivity index (χ1) is 10.1. The zero-order valence-electron chi connectivity index (χ0n) is 11.8. The van der Waals surface area contributed by atoms with Crippen molar-refractivity contribution in [3.05, 3.63) is 29.6 Å². The first-order valence-corrected chi connectivity index (χ1v) is 6.59. The van der Waals surface area contributed by atoms with Gasteiger partial charge in [-0.1, -0.05) is 5.92 Å². The molecule has 1 aliphatic heterocycles. The van der Waals surface area contributed by atoms with Crippen molar-refractivity contribution in [1.29, 1.82) is 0 Å². The molecule has 1 aliphatic rings. The molecule has 1 unspecified atom stereocenters. The van der Waals surface area contributed by atoms with Crippen LogP contribution in [0.5, 0.6) is 0 Å². The van der Waals surface area contributed by atoms with E-state index in [1.165, 1.54) is 4.90 Å². The van der Waals surface area contributed by atoms with Crippen LogP contribution in [0, 0.1) is 11.8 Å². The lowest BCUT2D eigenvalue weighted by atomic mass is 10.1. The SMILES string of the molecule is CC#Cc1cnc2[nH]c(C3CC(=O)N(C)C(N)=N3)cc2c1. The predicted molar refractivity (Wildman–Crippen MR) is 80.4 cm³/mol. The Morgan fingerprint density at radius 1 is 1.48 bits per heavy atom. The molecule has 1 atom stereocenters. The van der Waals surface area contributed by atoms with E-state index < -0.39 is 0 Å². The highest BCUT2D eigenvalue weighted by atomic mass is 16.2. The second-order valence-electron chi connectivity index (χ2n) is 4.92. The number of hydrogen-bond acceptors (Lipinski definition) is 4. The van der Waals surface area contributed by atoms with Gasteiger partial charge in [-0.2, -0.15) is 0 Å². The van der Waals surface area contributed by atoms with Crippen molar-refractivity contribution in [1.82, 2.24) is 14.9 Å².